The van der Waals surface area contributed by atoms with Crippen LogP contribution in [0.15, 0.2) is 48.5 Å². The molecule has 3 N–H and O–H groups in total. The van der Waals surface area contributed by atoms with Gasteiger partial charge < -0.3 is 20.1 Å². The van der Waals surface area contributed by atoms with Crippen LogP contribution >= 0.6 is 12.2 Å². The van der Waals surface area contributed by atoms with Crippen LogP contribution in [0.5, 0.6) is 11.5 Å². The molecule has 2 aromatic carbocycles. The van der Waals surface area contributed by atoms with Crippen molar-refractivity contribution >= 4 is 35.0 Å². The van der Waals surface area contributed by atoms with Gasteiger partial charge in [0.15, 0.2) is 5.11 Å². The molecule has 0 saturated carbocycles. The molecule has 0 spiro atoms. The van der Waals surface area contributed by atoms with Gasteiger partial charge in [-0.05, 0) is 49.0 Å². The summed E-state index contributed by atoms with van der Waals surface area (Å²) >= 11 is 5.23. The molecule has 0 aliphatic carbocycles. The Morgan fingerprint density at radius 1 is 1.07 bits per heavy atom. The van der Waals surface area contributed by atoms with Crippen molar-refractivity contribution in [2.45, 2.75) is 12.5 Å². The average molecular weight is 400 g/mol. The quantitative estimate of drug-likeness (QED) is 0.524. The monoisotopic (exact) mass is 400 g/mol. The number of hydrogen-bond acceptors (Lipinski definition) is 5. The van der Waals surface area contributed by atoms with Crippen LogP contribution in [0.25, 0.3) is 0 Å². The Balaban J connectivity index is 1.73. The summed E-state index contributed by atoms with van der Waals surface area (Å²) < 4.78 is 10.3. The number of hydrogen-bond donors (Lipinski definition) is 3. The van der Waals surface area contributed by atoms with Gasteiger partial charge in [-0.3, -0.25) is 10.2 Å². The Bertz CT molecular complexity index is 918. The smallest absolute Gasteiger partial charge is 0.344 e. The number of ether oxygens (including phenoxy) is 2. The van der Waals surface area contributed by atoms with Gasteiger partial charge >= 0.3 is 6.03 Å². The Morgan fingerprint density at radius 2 is 1.75 bits per heavy atom. The predicted octanol–water partition coefficient (Wildman–Crippen LogP) is 2.37. The average Bonchev–Trinajstić information content (AvgIpc) is 2.92. The molecular formula is C19H20N4O4S. The Morgan fingerprint density at radius 3 is 2.39 bits per heavy atom. The second-order valence-electron chi connectivity index (χ2n) is 6.22. The van der Waals surface area contributed by atoms with E-state index in [0.29, 0.717) is 22.7 Å². The molecule has 0 radical (unpaired) electrons. The number of hydrazine groups is 1. The lowest BCUT2D eigenvalue weighted by Gasteiger charge is -2.23. The summed E-state index contributed by atoms with van der Waals surface area (Å²) in [6.07, 6.45) is 0. The number of urea groups is 1. The van der Waals surface area contributed by atoms with Crippen LogP contribution in [0.1, 0.15) is 12.5 Å². The van der Waals surface area contributed by atoms with Gasteiger partial charge in [0.1, 0.15) is 17.0 Å². The molecular weight excluding hydrogens is 380 g/mol. The van der Waals surface area contributed by atoms with Crippen molar-refractivity contribution in [3.63, 3.8) is 0 Å². The van der Waals surface area contributed by atoms with Crippen molar-refractivity contribution in [3.8, 4) is 11.5 Å². The number of nitrogens with one attached hydrogen (secondary N) is 3. The fourth-order valence-corrected chi connectivity index (χ4v) is 3.03. The summed E-state index contributed by atoms with van der Waals surface area (Å²) in [7, 11) is 3.12. The molecule has 0 unspecified atom stereocenters. The highest BCUT2D eigenvalue weighted by atomic mass is 32.1. The highest BCUT2D eigenvalue weighted by Gasteiger charge is 2.49. The van der Waals surface area contributed by atoms with E-state index in [1.807, 2.05) is 0 Å². The van der Waals surface area contributed by atoms with E-state index in [2.05, 4.69) is 16.1 Å². The van der Waals surface area contributed by atoms with Gasteiger partial charge in [-0.25, -0.2) is 4.79 Å². The van der Waals surface area contributed by atoms with Crippen molar-refractivity contribution in [1.82, 2.24) is 15.8 Å². The molecule has 3 amide bonds. The number of imide groups is 1. The lowest BCUT2D eigenvalue weighted by Crippen LogP contribution is -2.49. The number of carbonyl (C=O) groups is 2. The third kappa shape index (κ3) is 3.70. The lowest BCUT2D eigenvalue weighted by atomic mass is 9.92. The Labute approximate surface area is 167 Å². The van der Waals surface area contributed by atoms with Crippen LogP contribution in [0, 0.1) is 0 Å². The number of amides is 3. The van der Waals surface area contributed by atoms with Crippen LogP contribution in [-0.2, 0) is 10.3 Å². The fourth-order valence-electron chi connectivity index (χ4n) is 2.82. The van der Waals surface area contributed by atoms with Crippen LogP contribution in [-0.4, -0.2) is 36.3 Å². The minimum atomic E-state index is -1.22. The van der Waals surface area contributed by atoms with Crippen molar-refractivity contribution in [3.05, 3.63) is 54.1 Å². The molecule has 146 valence electrons. The topological polar surface area (TPSA) is 91.9 Å². The third-order valence-corrected chi connectivity index (χ3v) is 4.59. The first-order chi connectivity index (χ1) is 13.4. The molecule has 1 aliphatic rings. The summed E-state index contributed by atoms with van der Waals surface area (Å²) in [5, 5.41) is 6.57. The van der Waals surface area contributed by atoms with E-state index in [-0.39, 0.29) is 5.11 Å². The number of anilines is 1. The number of nitrogens with zero attached hydrogens (tertiary/aromatic N) is 1. The molecule has 0 aromatic heterocycles. The molecule has 28 heavy (non-hydrogen) atoms. The van der Waals surface area contributed by atoms with E-state index in [4.69, 9.17) is 21.7 Å². The standard InChI is InChI=1S/C19H20N4O4S/c1-19(12-7-9-14(26-2)10-8-12)16(24)23(18(25)21-19)22-17(28)20-13-5-4-6-15(11-13)27-3/h4-11H,1-3H3,(H,21,25)(H2,20,22,28)/t19-/m1/s1. The SMILES string of the molecule is COc1ccc([C@@]2(C)NC(=O)N(NC(=S)Nc3cccc(OC)c3)C2=O)cc1. The van der Waals surface area contributed by atoms with Crippen LogP contribution in [0.3, 0.4) is 0 Å². The minimum absolute atomic E-state index is 0.0933. The number of rotatable bonds is 5. The first kappa shape index (κ1) is 19.4. The van der Waals surface area contributed by atoms with Gasteiger partial charge in [-0.1, -0.05) is 18.2 Å². The molecule has 1 heterocycles. The Hall–Kier alpha value is -3.33. The predicted molar refractivity (Wildman–Crippen MR) is 108 cm³/mol. The summed E-state index contributed by atoms with van der Waals surface area (Å²) in [6, 6.07) is 13.4. The zero-order valence-electron chi connectivity index (χ0n) is 15.6. The van der Waals surface area contributed by atoms with E-state index in [1.165, 1.54) is 0 Å². The van der Waals surface area contributed by atoms with Gasteiger partial charge in [-0.15, -0.1) is 0 Å². The minimum Gasteiger partial charge on any atom is -0.497 e. The summed E-state index contributed by atoms with van der Waals surface area (Å²) in [5.74, 6) is 0.829. The van der Waals surface area contributed by atoms with Gasteiger partial charge in [0.25, 0.3) is 5.91 Å². The van der Waals surface area contributed by atoms with Gasteiger partial charge in [-0.2, -0.15) is 5.01 Å². The van der Waals surface area contributed by atoms with Gasteiger partial charge in [0.2, 0.25) is 0 Å². The maximum atomic E-state index is 12.9. The maximum Gasteiger partial charge on any atom is 0.344 e. The van der Waals surface area contributed by atoms with Gasteiger partial charge in [0.05, 0.1) is 14.2 Å². The molecule has 1 aliphatic heterocycles. The van der Waals surface area contributed by atoms with E-state index in [9.17, 15) is 9.59 Å². The van der Waals surface area contributed by atoms with Gasteiger partial charge in [0, 0.05) is 11.8 Å². The largest absolute Gasteiger partial charge is 0.497 e. The number of benzene rings is 2. The molecule has 1 fully saturated rings. The van der Waals surface area contributed by atoms with E-state index in [1.54, 1.807) is 69.7 Å². The molecule has 1 saturated heterocycles. The van der Waals surface area contributed by atoms with Crippen molar-refractivity contribution < 1.29 is 19.1 Å². The fraction of sp³-hybridized carbons (Fsp3) is 0.211. The maximum absolute atomic E-state index is 12.9. The number of thiocarbonyl (C=S) groups is 1. The van der Waals surface area contributed by atoms with E-state index < -0.39 is 17.5 Å². The first-order valence-corrected chi connectivity index (χ1v) is 8.81. The molecule has 8 nitrogen and oxygen atoms in total. The second-order valence-corrected chi connectivity index (χ2v) is 6.63. The summed E-state index contributed by atoms with van der Waals surface area (Å²) in [6.45, 7) is 1.63. The zero-order chi connectivity index (χ0) is 20.3. The number of carbonyl (C=O) groups excluding carboxylic acids is 2. The van der Waals surface area contributed by atoms with Crippen molar-refractivity contribution in [1.29, 1.82) is 0 Å². The van der Waals surface area contributed by atoms with Crippen molar-refractivity contribution in [2.75, 3.05) is 19.5 Å². The zero-order valence-corrected chi connectivity index (χ0v) is 16.4. The normalized spacial score (nSPS) is 18.5. The third-order valence-electron chi connectivity index (χ3n) is 4.40. The molecule has 0 bridgehead atoms. The highest BCUT2D eigenvalue weighted by Crippen LogP contribution is 2.29. The van der Waals surface area contributed by atoms with E-state index in [0.717, 1.165) is 5.01 Å². The number of methoxy groups -OCH3 is 2. The first-order valence-electron chi connectivity index (χ1n) is 8.40. The van der Waals surface area contributed by atoms with Crippen LogP contribution < -0.4 is 25.5 Å². The van der Waals surface area contributed by atoms with Crippen LogP contribution in [0.4, 0.5) is 10.5 Å². The van der Waals surface area contributed by atoms with E-state index >= 15 is 0 Å². The molecule has 9 heteroatoms. The summed E-state index contributed by atoms with van der Waals surface area (Å²) in [4.78, 5) is 25.3. The molecule has 2 aromatic rings. The Kier molecular flexibility index (Phi) is 5.36. The summed E-state index contributed by atoms with van der Waals surface area (Å²) in [5.41, 5.74) is 2.70. The molecule has 1 atom stereocenters. The second kappa shape index (κ2) is 7.73. The van der Waals surface area contributed by atoms with Crippen molar-refractivity contribution in [2.24, 2.45) is 0 Å². The lowest BCUT2D eigenvalue weighted by molar-refractivity contribution is -0.132. The molecule has 3 rings (SSSR count). The van der Waals surface area contributed by atoms with Crippen LogP contribution in [0.2, 0.25) is 0 Å². The highest BCUT2D eigenvalue weighted by molar-refractivity contribution is 7.80.